The van der Waals surface area contributed by atoms with Crippen LogP contribution in [0, 0.1) is 0 Å². The number of nitrogens with one attached hydrogen (secondary N) is 2. The second-order valence-corrected chi connectivity index (χ2v) is 9.58. The zero-order valence-corrected chi connectivity index (χ0v) is 20.1. The Morgan fingerprint density at radius 3 is 2.38 bits per heavy atom. The monoisotopic (exact) mass is 488 g/mol. The van der Waals surface area contributed by atoms with Gasteiger partial charge >= 0.3 is 0 Å². The average molecular weight is 489 g/mol. The lowest BCUT2D eigenvalue weighted by Crippen LogP contribution is -2.33. The summed E-state index contributed by atoms with van der Waals surface area (Å²) in [5, 5.41) is 6.82. The van der Waals surface area contributed by atoms with Gasteiger partial charge in [0.2, 0.25) is 11.8 Å². The van der Waals surface area contributed by atoms with Crippen molar-refractivity contribution in [2.75, 3.05) is 32.1 Å². The summed E-state index contributed by atoms with van der Waals surface area (Å²) >= 11 is 1.23. The highest BCUT2D eigenvalue weighted by atomic mass is 32.2. The Morgan fingerprint density at radius 1 is 1.03 bits per heavy atom. The first-order valence-corrected chi connectivity index (χ1v) is 13.0. The molecule has 2 fully saturated rings. The summed E-state index contributed by atoms with van der Waals surface area (Å²) in [5.41, 5.74) is 0.438. The molecule has 9 nitrogen and oxygen atoms in total. The van der Waals surface area contributed by atoms with Crippen LogP contribution in [0.15, 0.2) is 34.2 Å². The number of thioether (sulfide) groups is 1. The van der Waals surface area contributed by atoms with Crippen molar-refractivity contribution in [2.45, 2.75) is 62.4 Å². The van der Waals surface area contributed by atoms with E-state index in [1.54, 1.807) is 22.8 Å². The average Bonchev–Trinajstić information content (AvgIpc) is 3.56. The predicted octanol–water partition coefficient (Wildman–Crippen LogP) is 1.86. The van der Waals surface area contributed by atoms with E-state index in [1.165, 1.54) is 11.8 Å². The van der Waals surface area contributed by atoms with Gasteiger partial charge in [0.05, 0.1) is 28.9 Å². The van der Waals surface area contributed by atoms with Crippen LogP contribution in [0.1, 0.15) is 38.5 Å². The van der Waals surface area contributed by atoms with E-state index in [1.807, 2.05) is 6.07 Å². The van der Waals surface area contributed by atoms with E-state index in [0.717, 1.165) is 38.9 Å². The van der Waals surface area contributed by atoms with Crippen molar-refractivity contribution in [1.82, 2.24) is 20.2 Å². The van der Waals surface area contributed by atoms with Gasteiger partial charge in [0, 0.05) is 39.3 Å². The Hall–Kier alpha value is -2.43. The number of carbonyl (C=O) groups excluding carboxylic acids is 2. The number of para-hydroxylation sites is 1. The first-order chi connectivity index (χ1) is 16.6. The smallest absolute Gasteiger partial charge is 0.262 e. The summed E-state index contributed by atoms with van der Waals surface area (Å²) in [5.74, 6) is -0.0256. The third-order valence-corrected chi connectivity index (χ3v) is 7.02. The first kappa shape index (κ1) is 24.7. The van der Waals surface area contributed by atoms with Gasteiger partial charge in [0.25, 0.3) is 5.56 Å². The van der Waals surface area contributed by atoms with Gasteiger partial charge in [-0.05, 0) is 44.2 Å². The number of fused-ring (bicyclic) bond motifs is 1. The summed E-state index contributed by atoms with van der Waals surface area (Å²) in [6, 6.07) is 7.18. The van der Waals surface area contributed by atoms with Crippen molar-refractivity contribution < 1.29 is 19.1 Å². The zero-order chi connectivity index (χ0) is 23.8. The number of hydrogen-bond donors (Lipinski definition) is 2. The molecule has 2 N–H and O–H groups in total. The van der Waals surface area contributed by atoms with Gasteiger partial charge in [0.1, 0.15) is 0 Å². The Bertz CT molecular complexity index is 1050. The van der Waals surface area contributed by atoms with Crippen molar-refractivity contribution in [2.24, 2.45) is 0 Å². The summed E-state index contributed by atoms with van der Waals surface area (Å²) in [4.78, 5) is 42.4. The molecular formula is C24H32N4O5S. The number of rotatable bonds is 11. The summed E-state index contributed by atoms with van der Waals surface area (Å²) < 4.78 is 12.6. The summed E-state index contributed by atoms with van der Waals surface area (Å²) in [6.45, 7) is 2.88. The molecule has 0 saturated carbocycles. The minimum absolute atomic E-state index is 0.0555. The molecule has 2 atom stereocenters. The van der Waals surface area contributed by atoms with E-state index in [2.05, 4.69) is 15.6 Å². The van der Waals surface area contributed by atoms with Gasteiger partial charge in [0.15, 0.2) is 5.16 Å². The second-order valence-electron chi connectivity index (χ2n) is 8.64. The van der Waals surface area contributed by atoms with Crippen molar-refractivity contribution in [3.8, 4) is 0 Å². The van der Waals surface area contributed by atoms with E-state index in [4.69, 9.17) is 9.47 Å². The van der Waals surface area contributed by atoms with Crippen LogP contribution in [0.25, 0.3) is 10.9 Å². The minimum Gasteiger partial charge on any atom is -0.376 e. The zero-order valence-electron chi connectivity index (χ0n) is 19.3. The Kier molecular flexibility index (Phi) is 8.95. The number of amides is 2. The van der Waals surface area contributed by atoms with Crippen molar-refractivity contribution in [3.05, 3.63) is 34.6 Å². The molecule has 3 heterocycles. The maximum atomic E-state index is 13.1. The lowest BCUT2D eigenvalue weighted by atomic mass is 10.2. The number of carbonyl (C=O) groups is 2. The van der Waals surface area contributed by atoms with Crippen LogP contribution in [0.5, 0.6) is 0 Å². The molecule has 4 rings (SSSR count). The second kappa shape index (κ2) is 12.3. The van der Waals surface area contributed by atoms with Crippen LogP contribution in [0.3, 0.4) is 0 Å². The number of ether oxygens (including phenoxy) is 2. The van der Waals surface area contributed by atoms with Crippen molar-refractivity contribution >= 4 is 34.5 Å². The fraction of sp³-hybridized carbons (Fsp3) is 0.583. The summed E-state index contributed by atoms with van der Waals surface area (Å²) in [7, 11) is 0. The fourth-order valence-electron chi connectivity index (χ4n) is 4.19. The maximum Gasteiger partial charge on any atom is 0.262 e. The van der Waals surface area contributed by atoms with Gasteiger partial charge in [-0.3, -0.25) is 19.0 Å². The van der Waals surface area contributed by atoms with Crippen LogP contribution < -0.4 is 16.2 Å². The maximum absolute atomic E-state index is 13.1. The van der Waals surface area contributed by atoms with Crippen molar-refractivity contribution in [3.63, 3.8) is 0 Å². The molecule has 2 amide bonds. The van der Waals surface area contributed by atoms with Crippen LogP contribution in [-0.4, -0.2) is 65.6 Å². The van der Waals surface area contributed by atoms with E-state index in [9.17, 15) is 14.4 Å². The van der Waals surface area contributed by atoms with Crippen LogP contribution >= 0.6 is 11.8 Å². The molecule has 0 unspecified atom stereocenters. The molecule has 1 aromatic carbocycles. The molecule has 2 aliphatic heterocycles. The standard InChI is InChI=1S/C24H32N4O5S/c29-21(25-14-17-6-4-12-32-17)10-3-11-28-23(31)19-8-1-2-9-20(19)27-24(28)34-16-22(30)26-15-18-7-5-13-33-18/h1-2,8-9,17-18H,3-7,10-16H2,(H,25,29)(H,26,30)/t17-,18-/m0/s1. The van der Waals surface area contributed by atoms with E-state index in [-0.39, 0.29) is 35.3 Å². The topological polar surface area (TPSA) is 112 Å². The highest BCUT2D eigenvalue weighted by Gasteiger charge is 2.18. The molecule has 184 valence electrons. The highest BCUT2D eigenvalue weighted by molar-refractivity contribution is 7.99. The Labute approximate surface area is 203 Å². The molecule has 2 saturated heterocycles. The molecular weight excluding hydrogens is 456 g/mol. The SMILES string of the molecule is O=C(CCCn1c(SCC(=O)NC[C@@H]2CCCO2)nc2ccccc2c1=O)NC[C@@H]1CCCO1. The third kappa shape index (κ3) is 6.80. The predicted molar refractivity (Wildman–Crippen MR) is 130 cm³/mol. The van der Waals surface area contributed by atoms with E-state index >= 15 is 0 Å². The van der Waals surface area contributed by atoms with E-state index < -0.39 is 0 Å². The molecule has 2 aliphatic rings. The van der Waals surface area contributed by atoms with Crippen molar-refractivity contribution in [1.29, 1.82) is 0 Å². The first-order valence-electron chi connectivity index (χ1n) is 12.0. The number of nitrogens with zero attached hydrogens (tertiary/aromatic N) is 2. The van der Waals surface area contributed by atoms with Gasteiger partial charge in [-0.2, -0.15) is 0 Å². The highest BCUT2D eigenvalue weighted by Crippen LogP contribution is 2.19. The molecule has 0 spiro atoms. The van der Waals surface area contributed by atoms with Gasteiger partial charge < -0.3 is 20.1 Å². The number of benzene rings is 1. The number of hydrogen-bond acceptors (Lipinski definition) is 7. The lowest BCUT2D eigenvalue weighted by Gasteiger charge is -2.14. The molecule has 34 heavy (non-hydrogen) atoms. The van der Waals surface area contributed by atoms with Crippen LogP contribution in [0.2, 0.25) is 0 Å². The molecule has 0 radical (unpaired) electrons. The quantitative estimate of drug-likeness (QED) is 0.367. The number of aromatic nitrogens is 2. The molecule has 10 heteroatoms. The Balaban J connectivity index is 1.35. The molecule has 2 aromatic rings. The van der Waals surface area contributed by atoms with Crippen LogP contribution in [0.4, 0.5) is 0 Å². The Morgan fingerprint density at radius 2 is 1.71 bits per heavy atom. The fourth-order valence-corrected chi connectivity index (χ4v) is 5.04. The largest absolute Gasteiger partial charge is 0.376 e. The van der Waals surface area contributed by atoms with Gasteiger partial charge in [-0.25, -0.2) is 4.98 Å². The van der Waals surface area contributed by atoms with Gasteiger partial charge in [-0.1, -0.05) is 23.9 Å². The molecule has 1 aromatic heterocycles. The third-order valence-electron chi connectivity index (χ3n) is 6.05. The normalized spacial score (nSPS) is 20.0. The molecule has 0 aliphatic carbocycles. The van der Waals surface area contributed by atoms with Gasteiger partial charge in [-0.15, -0.1) is 0 Å². The van der Waals surface area contributed by atoms with Crippen LogP contribution in [-0.2, 0) is 25.6 Å². The lowest BCUT2D eigenvalue weighted by molar-refractivity contribution is -0.121. The molecule has 0 bridgehead atoms. The minimum atomic E-state index is -0.160. The summed E-state index contributed by atoms with van der Waals surface area (Å²) in [6.07, 6.45) is 4.97. The van der Waals surface area contributed by atoms with E-state index in [0.29, 0.717) is 48.5 Å².